The molecule has 0 radical (unpaired) electrons. The van der Waals surface area contributed by atoms with Crippen LogP contribution in [0.5, 0.6) is 5.75 Å². The minimum Gasteiger partial charge on any atom is -0.482 e. The average molecular weight is 448 g/mol. The molecule has 2 amide bonds. The topological polar surface area (TPSA) is 102 Å². The van der Waals surface area contributed by atoms with Crippen molar-refractivity contribution in [1.82, 2.24) is 5.32 Å². The van der Waals surface area contributed by atoms with Crippen LogP contribution in [0.4, 0.5) is 11.4 Å². The first kappa shape index (κ1) is 19.8. The molecule has 0 saturated carbocycles. The number of nitro benzene ring substituents is 1. The third-order valence-corrected chi connectivity index (χ3v) is 4.79. The first-order chi connectivity index (χ1) is 13.3. The number of nitrogens with zero attached hydrogens (tertiary/aromatic N) is 2. The van der Waals surface area contributed by atoms with E-state index in [2.05, 4.69) is 21.2 Å². The van der Waals surface area contributed by atoms with Gasteiger partial charge >= 0.3 is 0 Å². The summed E-state index contributed by atoms with van der Waals surface area (Å²) in [5.74, 6) is -0.443. The Morgan fingerprint density at radius 3 is 2.71 bits per heavy atom. The van der Waals surface area contributed by atoms with E-state index in [0.29, 0.717) is 12.2 Å². The molecule has 0 spiro atoms. The van der Waals surface area contributed by atoms with Crippen molar-refractivity contribution in [2.75, 3.05) is 18.1 Å². The van der Waals surface area contributed by atoms with Gasteiger partial charge in [0.25, 0.3) is 11.6 Å². The smallest absolute Gasteiger partial charge is 0.271 e. The Morgan fingerprint density at radius 2 is 2.04 bits per heavy atom. The highest BCUT2D eigenvalue weighted by atomic mass is 79.9. The molecule has 1 aliphatic heterocycles. The molecule has 3 rings (SSSR count). The van der Waals surface area contributed by atoms with Gasteiger partial charge in [0.2, 0.25) is 5.91 Å². The van der Waals surface area contributed by atoms with Gasteiger partial charge in [-0.25, -0.2) is 0 Å². The highest BCUT2D eigenvalue weighted by Gasteiger charge is 2.29. The summed E-state index contributed by atoms with van der Waals surface area (Å²) in [5, 5.41) is 13.9. The molecule has 8 nitrogen and oxygen atoms in total. The summed E-state index contributed by atoms with van der Waals surface area (Å²) >= 11 is 3.38. The largest absolute Gasteiger partial charge is 0.482 e. The van der Waals surface area contributed by atoms with Gasteiger partial charge in [-0.2, -0.15) is 0 Å². The number of nitrogens with one attached hydrogen (secondary N) is 1. The van der Waals surface area contributed by atoms with Crippen molar-refractivity contribution in [3.63, 3.8) is 0 Å². The molecule has 1 N–H and O–H groups in total. The minimum absolute atomic E-state index is 0.144. The van der Waals surface area contributed by atoms with Crippen LogP contribution < -0.4 is 15.0 Å². The number of halogens is 1. The van der Waals surface area contributed by atoms with E-state index >= 15 is 0 Å². The molecule has 1 atom stereocenters. The molecule has 0 saturated heterocycles. The van der Waals surface area contributed by atoms with Crippen LogP contribution in [0.1, 0.15) is 12.5 Å². The Labute approximate surface area is 169 Å². The molecular formula is C19H18BrN3O5. The maximum Gasteiger partial charge on any atom is 0.271 e. The van der Waals surface area contributed by atoms with Gasteiger partial charge in [-0.15, -0.1) is 0 Å². The van der Waals surface area contributed by atoms with Crippen molar-refractivity contribution in [3.8, 4) is 5.75 Å². The van der Waals surface area contributed by atoms with Crippen molar-refractivity contribution in [1.29, 1.82) is 0 Å². The maximum atomic E-state index is 12.5. The Hall–Kier alpha value is -2.94. The van der Waals surface area contributed by atoms with Gasteiger partial charge in [-0.05, 0) is 37.1 Å². The van der Waals surface area contributed by atoms with E-state index in [1.165, 1.54) is 23.1 Å². The number of rotatable bonds is 6. The number of carbonyl (C=O) groups is 2. The van der Waals surface area contributed by atoms with Gasteiger partial charge in [0, 0.05) is 22.6 Å². The SMILES string of the molecule is CC(Cc1ccc(Br)cc1)NC(=O)CN1C(=O)COc2ccc([N+](=O)[O-])cc21. The Morgan fingerprint density at radius 1 is 1.32 bits per heavy atom. The maximum absolute atomic E-state index is 12.5. The van der Waals surface area contributed by atoms with Crippen LogP contribution >= 0.6 is 15.9 Å². The van der Waals surface area contributed by atoms with Crippen LogP contribution in [-0.2, 0) is 16.0 Å². The second kappa shape index (κ2) is 8.39. The normalized spacial score (nSPS) is 14.1. The number of hydrogen-bond acceptors (Lipinski definition) is 5. The molecule has 1 heterocycles. The summed E-state index contributed by atoms with van der Waals surface area (Å²) in [6.45, 7) is 1.42. The van der Waals surface area contributed by atoms with E-state index in [1.807, 2.05) is 31.2 Å². The molecule has 0 aliphatic carbocycles. The minimum atomic E-state index is -0.558. The fourth-order valence-electron chi connectivity index (χ4n) is 2.97. The second-order valence-corrected chi connectivity index (χ2v) is 7.39. The van der Waals surface area contributed by atoms with E-state index < -0.39 is 10.8 Å². The number of fused-ring (bicyclic) bond motifs is 1. The van der Waals surface area contributed by atoms with E-state index in [1.54, 1.807) is 0 Å². The predicted octanol–water partition coefficient (Wildman–Crippen LogP) is 2.83. The molecule has 0 aromatic heterocycles. The summed E-state index contributed by atoms with van der Waals surface area (Å²) < 4.78 is 6.28. The third kappa shape index (κ3) is 4.66. The quantitative estimate of drug-likeness (QED) is 0.541. The molecule has 146 valence electrons. The van der Waals surface area contributed by atoms with Crippen LogP contribution in [0.2, 0.25) is 0 Å². The van der Waals surface area contributed by atoms with Crippen molar-refractivity contribution < 1.29 is 19.2 Å². The van der Waals surface area contributed by atoms with E-state index in [9.17, 15) is 19.7 Å². The lowest BCUT2D eigenvalue weighted by Gasteiger charge is -2.29. The standard InChI is InChI=1S/C19H18BrN3O5/c1-12(8-13-2-4-14(20)5-3-13)21-18(24)10-22-16-9-15(23(26)27)6-7-17(16)28-11-19(22)25/h2-7,9,12H,8,10-11H2,1H3,(H,21,24). The zero-order chi connectivity index (χ0) is 20.3. The lowest BCUT2D eigenvalue weighted by atomic mass is 10.1. The summed E-state index contributed by atoms with van der Waals surface area (Å²) in [5.41, 5.74) is 1.12. The highest BCUT2D eigenvalue weighted by molar-refractivity contribution is 9.10. The molecule has 1 unspecified atom stereocenters. The molecule has 28 heavy (non-hydrogen) atoms. The average Bonchev–Trinajstić information content (AvgIpc) is 2.65. The molecule has 2 aromatic rings. The van der Waals surface area contributed by atoms with Crippen LogP contribution in [-0.4, -0.2) is 35.9 Å². The second-order valence-electron chi connectivity index (χ2n) is 6.48. The zero-order valence-electron chi connectivity index (χ0n) is 15.1. The Kier molecular flexibility index (Phi) is 5.93. The Bertz CT molecular complexity index is 916. The lowest BCUT2D eigenvalue weighted by molar-refractivity contribution is -0.384. The number of amides is 2. The fourth-order valence-corrected chi connectivity index (χ4v) is 3.23. The molecule has 2 aromatic carbocycles. The number of hydrogen-bond donors (Lipinski definition) is 1. The molecule has 0 fully saturated rings. The summed E-state index contributed by atoms with van der Waals surface area (Å²) in [7, 11) is 0. The van der Waals surface area contributed by atoms with Crippen molar-refractivity contribution in [2.45, 2.75) is 19.4 Å². The summed E-state index contributed by atoms with van der Waals surface area (Å²) in [6, 6.07) is 11.6. The summed E-state index contributed by atoms with van der Waals surface area (Å²) in [4.78, 5) is 36.4. The van der Waals surface area contributed by atoms with Crippen molar-refractivity contribution in [2.24, 2.45) is 0 Å². The fraction of sp³-hybridized carbons (Fsp3) is 0.263. The van der Waals surface area contributed by atoms with Crippen LogP contribution in [0.15, 0.2) is 46.9 Å². The van der Waals surface area contributed by atoms with Crippen molar-refractivity contribution in [3.05, 3.63) is 62.6 Å². The van der Waals surface area contributed by atoms with Crippen molar-refractivity contribution >= 4 is 39.1 Å². The van der Waals surface area contributed by atoms with Crippen LogP contribution in [0.25, 0.3) is 0 Å². The van der Waals surface area contributed by atoms with Crippen LogP contribution in [0.3, 0.4) is 0 Å². The van der Waals surface area contributed by atoms with E-state index in [0.717, 1.165) is 10.0 Å². The highest BCUT2D eigenvalue weighted by Crippen LogP contribution is 2.35. The molecule has 1 aliphatic rings. The number of non-ortho nitro benzene ring substituents is 1. The first-order valence-electron chi connectivity index (χ1n) is 8.59. The van der Waals surface area contributed by atoms with Gasteiger partial charge in [-0.3, -0.25) is 24.6 Å². The molecule has 9 heteroatoms. The van der Waals surface area contributed by atoms with E-state index in [4.69, 9.17) is 4.74 Å². The zero-order valence-corrected chi connectivity index (χ0v) is 16.6. The van der Waals surface area contributed by atoms with Gasteiger partial charge in [0.05, 0.1) is 10.6 Å². The van der Waals surface area contributed by atoms with Crippen LogP contribution in [0, 0.1) is 10.1 Å². The predicted molar refractivity (Wildman–Crippen MR) is 106 cm³/mol. The van der Waals surface area contributed by atoms with Gasteiger partial charge in [0.15, 0.2) is 6.61 Å². The monoisotopic (exact) mass is 447 g/mol. The lowest BCUT2D eigenvalue weighted by Crippen LogP contribution is -2.47. The summed E-state index contributed by atoms with van der Waals surface area (Å²) in [6.07, 6.45) is 0.637. The third-order valence-electron chi connectivity index (χ3n) is 4.26. The number of nitro groups is 1. The van der Waals surface area contributed by atoms with Gasteiger partial charge in [-0.1, -0.05) is 28.1 Å². The first-order valence-corrected chi connectivity index (χ1v) is 9.38. The number of benzene rings is 2. The Balaban J connectivity index is 1.68. The number of ether oxygens (including phenoxy) is 1. The molecular weight excluding hydrogens is 430 g/mol. The molecule has 0 bridgehead atoms. The number of carbonyl (C=O) groups excluding carboxylic acids is 2. The van der Waals surface area contributed by atoms with Gasteiger partial charge < -0.3 is 10.1 Å². The van der Waals surface area contributed by atoms with Gasteiger partial charge in [0.1, 0.15) is 12.3 Å². The number of anilines is 1. The van der Waals surface area contributed by atoms with E-state index in [-0.39, 0.29) is 36.5 Å².